The monoisotopic (exact) mass is 430 g/mol. The van der Waals surface area contributed by atoms with E-state index in [0.717, 1.165) is 16.1 Å². The van der Waals surface area contributed by atoms with Gasteiger partial charge in [0.25, 0.3) is 5.91 Å². The lowest BCUT2D eigenvalue weighted by molar-refractivity contribution is 0.0971. The summed E-state index contributed by atoms with van der Waals surface area (Å²) < 4.78 is 5.99. The lowest BCUT2D eigenvalue weighted by Gasteiger charge is -2.23. The smallest absolute Gasteiger partial charge is 0.297 e. The Morgan fingerprint density at radius 1 is 1.03 bits per heavy atom. The van der Waals surface area contributed by atoms with Gasteiger partial charge >= 0.3 is 0 Å². The molecular formula is C25H22N2O3S. The van der Waals surface area contributed by atoms with E-state index in [0.29, 0.717) is 27.6 Å². The highest BCUT2D eigenvalue weighted by Crippen LogP contribution is 2.43. The Morgan fingerprint density at radius 2 is 1.74 bits per heavy atom. The summed E-state index contributed by atoms with van der Waals surface area (Å²) in [6.07, 6.45) is 0. The Morgan fingerprint density at radius 3 is 2.39 bits per heavy atom. The van der Waals surface area contributed by atoms with Gasteiger partial charge in [0.15, 0.2) is 10.6 Å². The predicted octanol–water partition coefficient (Wildman–Crippen LogP) is 5.74. The van der Waals surface area contributed by atoms with E-state index >= 15 is 0 Å². The molecule has 3 heterocycles. The van der Waals surface area contributed by atoms with Gasteiger partial charge in [-0.3, -0.25) is 14.5 Å². The first-order valence-corrected chi connectivity index (χ1v) is 11.1. The molecule has 0 fully saturated rings. The van der Waals surface area contributed by atoms with Crippen molar-refractivity contribution in [2.75, 3.05) is 4.90 Å². The predicted molar refractivity (Wildman–Crippen MR) is 123 cm³/mol. The molecule has 2 aromatic carbocycles. The van der Waals surface area contributed by atoms with Crippen LogP contribution in [0.1, 0.15) is 63.6 Å². The summed E-state index contributed by atoms with van der Waals surface area (Å²) in [4.78, 5) is 34.3. The van der Waals surface area contributed by atoms with Crippen LogP contribution in [0.4, 0.5) is 5.13 Å². The van der Waals surface area contributed by atoms with Gasteiger partial charge < -0.3 is 4.42 Å². The maximum atomic E-state index is 13.5. The number of hydrogen-bond donors (Lipinski definition) is 0. The average molecular weight is 431 g/mol. The molecule has 0 spiro atoms. The second-order valence-corrected chi connectivity index (χ2v) is 9.39. The first-order chi connectivity index (χ1) is 14.9. The normalized spacial score (nSPS) is 15.8. The van der Waals surface area contributed by atoms with Crippen LogP contribution in [0.3, 0.4) is 0 Å². The van der Waals surface area contributed by atoms with Crippen LogP contribution in [0, 0.1) is 13.8 Å². The second kappa shape index (κ2) is 7.17. The lowest BCUT2D eigenvalue weighted by atomic mass is 9.95. The molecule has 0 bridgehead atoms. The third-order valence-electron chi connectivity index (χ3n) is 5.92. The van der Waals surface area contributed by atoms with Crippen molar-refractivity contribution < 1.29 is 9.21 Å². The van der Waals surface area contributed by atoms with Crippen LogP contribution in [0.5, 0.6) is 0 Å². The van der Waals surface area contributed by atoms with E-state index in [4.69, 9.17) is 4.42 Å². The Kier molecular flexibility index (Phi) is 4.55. The number of fused-ring (bicyclic) bond motifs is 2. The van der Waals surface area contributed by atoms with Gasteiger partial charge in [-0.2, -0.15) is 0 Å². The number of aromatic nitrogens is 1. The quantitative estimate of drug-likeness (QED) is 0.416. The third kappa shape index (κ3) is 3.01. The Balaban J connectivity index is 1.78. The number of benzene rings is 2. The fraction of sp³-hybridized carbons (Fsp3) is 0.240. The van der Waals surface area contributed by atoms with Gasteiger partial charge in [0.1, 0.15) is 5.58 Å². The molecule has 2 aromatic heterocycles. The number of thiazole rings is 1. The molecule has 1 atom stereocenters. The molecule has 4 aromatic rings. The first-order valence-electron chi connectivity index (χ1n) is 10.3. The number of anilines is 1. The van der Waals surface area contributed by atoms with Crippen molar-refractivity contribution >= 4 is 33.3 Å². The topological polar surface area (TPSA) is 63.4 Å². The first kappa shape index (κ1) is 19.7. The van der Waals surface area contributed by atoms with Crippen LogP contribution in [0.25, 0.3) is 11.0 Å². The summed E-state index contributed by atoms with van der Waals surface area (Å²) >= 11 is 1.45. The molecule has 5 nitrogen and oxygen atoms in total. The number of carbonyl (C=O) groups excluding carboxylic acids is 1. The van der Waals surface area contributed by atoms with E-state index in [1.165, 1.54) is 16.9 Å². The molecule has 0 saturated carbocycles. The van der Waals surface area contributed by atoms with Crippen LogP contribution in [0.15, 0.2) is 57.7 Å². The highest BCUT2D eigenvalue weighted by molar-refractivity contribution is 7.15. The molecular weight excluding hydrogens is 408 g/mol. The van der Waals surface area contributed by atoms with Crippen LogP contribution in [0.2, 0.25) is 0 Å². The lowest BCUT2D eigenvalue weighted by Crippen LogP contribution is -2.29. The number of para-hydroxylation sites is 1. The number of amides is 1. The molecule has 0 aliphatic carbocycles. The highest BCUT2D eigenvalue weighted by atomic mass is 32.1. The van der Waals surface area contributed by atoms with Gasteiger partial charge in [0.2, 0.25) is 5.76 Å². The van der Waals surface area contributed by atoms with Gasteiger partial charge in [-0.1, -0.05) is 50.2 Å². The van der Waals surface area contributed by atoms with Crippen molar-refractivity contribution in [3.63, 3.8) is 0 Å². The third-order valence-corrected chi connectivity index (χ3v) is 6.99. The SMILES string of the molecule is Cc1nc(N2C(=O)c3oc4ccccc4c(=O)c3C2c2ccc(C(C)C)cc2)sc1C. The van der Waals surface area contributed by atoms with E-state index in [9.17, 15) is 9.59 Å². The molecule has 1 unspecified atom stereocenters. The number of nitrogens with zero attached hydrogens (tertiary/aromatic N) is 2. The maximum Gasteiger partial charge on any atom is 0.297 e. The van der Waals surface area contributed by atoms with Gasteiger partial charge in [0, 0.05) is 4.88 Å². The summed E-state index contributed by atoms with van der Waals surface area (Å²) in [7, 11) is 0. The van der Waals surface area contributed by atoms with Gasteiger partial charge in [-0.05, 0) is 43.0 Å². The molecule has 156 valence electrons. The number of carbonyl (C=O) groups is 1. The van der Waals surface area contributed by atoms with E-state index in [2.05, 4.69) is 31.0 Å². The minimum absolute atomic E-state index is 0.104. The summed E-state index contributed by atoms with van der Waals surface area (Å²) in [5, 5.41) is 1.05. The van der Waals surface area contributed by atoms with Crippen LogP contribution < -0.4 is 10.3 Å². The average Bonchev–Trinajstić information content (AvgIpc) is 3.24. The second-order valence-electron chi connectivity index (χ2n) is 8.21. The summed E-state index contributed by atoms with van der Waals surface area (Å²) in [5.41, 5.74) is 3.57. The molecule has 1 amide bonds. The minimum Gasteiger partial charge on any atom is -0.450 e. The minimum atomic E-state index is -0.575. The Labute approximate surface area is 184 Å². The zero-order valence-corrected chi connectivity index (χ0v) is 18.6. The molecule has 1 aliphatic heterocycles. The summed E-state index contributed by atoms with van der Waals surface area (Å²) in [6.45, 7) is 8.18. The van der Waals surface area contributed by atoms with Crippen LogP contribution >= 0.6 is 11.3 Å². The van der Waals surface area contributed by atoms with E-state index in [1.54, 1.807) is 29.2 Å². The van der Waals surface area contributed by atoms with Crippen molar-refractivity contribution in [3.8, 4) is 0 Å². The number of rotatable bonds is 3. The van der Waals surface area contributed by atoms with Crippen molar-refractivity contribution in [2.24, 2.45) is 0 Å². The highest BCUT2D eigenvalue weighted by Gasteiger charge is 2.45. The molecule has 0 N–H and O–H groups in total. The number of hydrogen-bond acceptors (Lipinski definition) is 5. The van der Waals surface area contributed by atoms with E-state index in [1.807, 2.05) is 26.0 Å². The van der Waals surface area contributed by atoms with Crippen LogP contribution in [-0.4, -0.2) is 10.9 Å². The molecule has 5 rings (SSSR count). The van der Waals surface area contributed by atoms with Crippen molar-refractivity contribution in [1.82, 2.24) is 4.98 Å². The zero-order valence-electron chi connectivity index (χ0n) is 17.8. The molecule has 0 saturated heterocycles. The Bertz CT molecular complexity index is 1360. The largest absolute Gasteiger partial charge is 0.450 e. The summed E-state index contributed by atoms with van der Waals surface area (Å²) in [6, 6.07) is 14.6. The van der Waals surface area contributed by atoms with Crippen LogP contribution in [-0.2, 0) is 0 Å². The van der Waals surface area contributed by atoms with Gasteiger partial charge in [0.05, 0.1) is 22.7 Å². The molecule has 1 aliphatic rings. The van der Waals surface area contributed by atoms with E-state index < -0.39 is 6.04 Å². The fourth-order valence-electron chi connectivity index (χ4n) is 4.05. The maximum absolute atomic E-state index is 13.5. The van der Waals surface area contributed by atoms with Gasteiger partial charge in [-0.25, -0.2) is 4.98 Å². The van der Waals surface area contributed by atoms with Crippen molar-refractivity contribution in [2.45, 2.75) is 39.7 Å². The van der Waals surface area contributed by atoms with Gasteiger partial charge in [-0.15, -0.1) is 11.3 Å². The fourth-order valence-corrected chi connectivity index (χ4v) is 4.99. The summed E-state index contributed by atoms with van der Waals surface area (Å²) in [5.74, 6) is 0.164. The zero-order chi connectivity index (χ0) is 21.9. The molecule has 0 radical (unpaired) electrons. The molecule has 31 heavy (non-hydrogen) atoms. The number of aryl methyl sites for hydroxylation is 2. The Hall–Kier alpha value is -3.25. The molecule has 6 heteroatoms. The van der Waals surface area contributed by atoms with E-state index in [-0.39, 0.29) is 17.1 Å². The van der Waals surface area contributed by atoms with Crippen molar-refractivity contribution in [3.05, 3.63) is 91.8 Å². The van der Waals surface area contributed by atoms with Crippen molar-refractivity contribution in [1.29, 1.82) is 0 Å². The standard InChI is InChI=1S/C25H22N2O3S/c1-13(2)16-9-11-17(12-10-16)21-20-22(28)18-7-5-6-8-19(18)30-23(20)24(29)27(21)25-26-14(3)15(4)31-25/h5-13,21H,1-4H3.